The van der Waals surface area contributed by atoms with Crippen LogP contribution in [0.3, 0.4) is 0 Å². The number of nitrogens with one attached hydrogen (secondary N) is 1. The van der Waals surface area contributed by atoms with Crippen molar-refractivity contribution in [3.63, 3.8) is 0 Å². The number of esters is 1. The highest BCUT2D eigenvalue weighted by atomic mass is 32.1. The summed E-state index contributed by atoms with van der Waals surface area (Å²) < 4.78 is 7.01. The summed E-state index contributed by atoms with van der Waals surface area (Å²) in [6, 6.07) is 3.02. The summed E-state index contributed by atoms with van der Waals surface area (Å²) in [6.45, 7) is 5.76. The smallest absolute Gasteiger partial charge is 0.341 e. The van der Waals surface area contributed by atoms with E-state index in [4.69, 9.17) is 4.74 Å². The highest BCUT2D eigenvalue weighted by molar-refractivity contribution is 7.17. The van der Waals surface area contributed by atoms with Gasteiger partial charge >= 0.3 is 5.97 Å². The van der Waals surface area contributed by atoms with Crippen molar-refractivity contribution < 1.29 is 14.3 Å². The molecule has 0 fully saturated rings. The van der Waals surface area contributed by atoms with Gasteiger partial charge in [-0.3, -0.25) is 9.59 Å². The molecule has 144 valence electrons. The fourth-order valence-electron chi connectivity index (χ4n) is 3.52. The number of pyridine rings is 1. The van der Waals surface area contributed by atoms with Crippen LogP contribution in [0.4, 0.5) is 5.00 Å². The molecule has 0 aliphatic heterocycles. The van der Waals surface area contributed by atoms with Gasteiger partial charge in [-0.05, 0) is 52.0 Å². The zero-order chi connectivity index (χ0) is 19.6. The maximum absolute atomic E-state index is 12.7. The van der Waals surface area contributed by atoms with Gasteiger partial charge in [0.2, 0.25) is 5.91 Å². The molecule has 1 amide bonds. The van der Waals surface area contributed by atoms with E-state index < -0.39 is 0 Å². The molecule has 0 saturated heterocycles. The minimum Gasteiger partial charge on any atom is -0.462 e. The van der Waals surface area contributed by atoms with Crippen LogP contribution < -0.4 is 10.7 Å². The third-order valence-electron chi connectivity index (χ3n) is 4.76. The second kappa shape index (κ2) is 8.08. The van der Waals surface area contributed by atoms with E-state index in [1.165, 1.54) is 23.5 Å². The topological polar surface area (TPSA) is 77.4 Å². The van der Waals surface area contributed by atoms with Crippen LogP contribution in [0.1, 0.15) is 52.0 Å². The molecule has 6 nitrogen and oxygen atoms in total. The predicted octanol–water partition coefficient (Wildman–Crippen LogP) is 3.22. The Bertz CT molecular complexity index is 916. The van der Waals surface area contributed by atoms with Crippen LogP contribution in [0.5, 0.6) is 0 Å². The van der Waals surface area contributed by atoms with Crippen LogP contribution in [0.25, 0.3) is 0 Å². The summed E-state index contributed by atoms with van der Waals surface area (Å²) in [5, 5.41) is 3.48. The summed E-state index contributed by atoms with van der Waals surface area (Å²) in [5.41, 5.74) is 2.92. The number of rotatable bonds is 5. The number of hydrogen-bond acceptors (Lipinski definition) is 5. The van der Waals surface area contributed by atoms with Crippen molar-refractivity contribution in [2.45, 2.75) is 53.0 Å². The molecule has 0 saturated carbocycles. The zero-order valence-corrected chi connectivity index (χ0v) is 16.7. The first-order chi connectivity index (χ1) is 12.9. The molecule has 0 spiro atoms. The maximum atomic E-state index is 12.7. The number of carbonyl (C=O) groups is 2. The average Bonchev–Trinajstić information content (AvgIpc) is 2.96. The Labute approximate surface area is 162 Å². The van der Waals surface area contributed by atoms with E-state index in [1.807, 2.05) is 0 Å². The molecule has 1 aliphatic carbocycles. The molecule has 27 heavy (non-hydrogen) atoms. The third kappa shape index (κ3) is 4.13. The van der Waals surface area contributed by atoms with Crippen molar-refractivity contribution in [1.82, 2.24) is 4.57 Å². The van der Waals surface area contributed by atoms with Gasteiger partial charge in [0, 0.05) is 28.4 Å². The van der Waals surface area contributed by atoms with E-state index in [-0.39, 0.29) is 23.9 Å². The second-order valence-electron chi connectivity index (χ2n) is 6.74. The minimum atomic E-state index is -0.372. The van der Waals surface area contributed by atoms with Gasteiger partial charge in [-0.15, -0.1) is 11.3 Å². The van der Waals surface area contributed by atoms with Gasteiger partial charge in [-0.25, -0.2) is 4.79 Å². The SMILES string of the molecule is CCOC(=O)c1c(NC(=O)Cn2c(C)cc(=O)cc2C)sc2c1CCCC2. The van der Waals surface area contributed by atoms with Gasteiger partial charge in [0.25, 0.3) is 0 Å². The van der Waals surface area contributed by atoms with Crippen molar-refractivity contribution in [3.8, 4) is 0 Å². The Morgan fingerprint density at radius 2 is 1.85 bits per heavy atom. The lowest BCUT2D eigenvalue weighted by Gasteiger charge is -2.14. The van der Waals surface area contributed by atoms with E-state index in [0.717, 1.165) is 47.5 Å². The lowest BCUT2D eigenvalue weighted by atomic mass is 9.95. The first-order valence-electron chi connectivity index (χ1n) is 9.20. The monoisotopic (exact) mass is 388 g/mol. The van der Waals surface area contributed by atoms with Crippen molar-refractivity contribution >= 4 is 28.2 Å². The zero-order valence-electron chi connectivity index (χ0n) is 15.9. The van der Waals surface area contributed by atoms with Gasteiger partial charge in [-0.2, -0.15) is 0 Å². The van der Waals surface area contributed by atoms with Gasteiger partial charge in [0.1, 0.15) is 11.5 Å². The average molecular weight is 388 g/mol. The molecule has 1 N–H and O–H groups in total. The van der Waals surface area contributed by atoms with Crippen molar-refractivity contribution in [1.29, 1.82) is 0 Å². The normalized spacial score (nSPS) is 13.1. The summed E-state index contributed by atoms with van der Waals surface area (Å²) in [4.78, 5) is 37.9. The van der Waals surface area contributed by atoms with Gasteiger partial charge < -0.3 is 14.6 Å². The molecule has 7 heteroatoms. The summed E-state index contributed by atoms with van der Waals surface area (Å²) in [7, 11) is 0. The van der Waals surface area contributed by atoms with E-state index in [1.54, 1.807) is 25.3 Å². The Kier molecular flexibility index (Phi) is 5.79. The van der Waals surface area contributed by atoms with Gasteiger partial charge in [0.05, 0.1) is 12.2 Å². The summed E-state index contributed by atoms with van der Waals surface area (Å²) in [6.07, 6.45) is 3.91. The standard InChI is InChI=1S/C20H24N2O4S/c1-4-26-20(25)18-15-7-5-6-8-16(15)27-19(18)21-17(24)11-22-12(2)9-14(23)10-13(22)3/h9-10H,4-8,11H2,1-3H3,(H,21,24). The number of thiophene rings is 1. The largest absolute Gasteiger partial charge is 0.462 e. The quantitative estimate of drug-likeness (QED) is 0.798. The van der Waals surface area contributed by atoms with Gasteiger partial charge in [0.15, 0.2) is 5.43 Å². The van der Waals surface area contributed by atoms with Crippen molar-refractivity contribution in [2.24, 2.45) is 0 Å². The lowest BCUT2D eigenvalue weighted by molar-refractivity contribution is -0.116. The van der Waals surface area contributed by atoms with E-state index in [2.05, 4.69) is 5.32 Å². The molecule has 0 aromatic carbocycles. The van der Waals surface area contributed by atoms with Crippen LogP contribution in [0.2, 0.25) is 0 Å². The van der Waals surface area contributed by atoms with Crippen LogP contribution in [-0.2, 0) is 28.9 Å². The number of hydrogen-bond donors (Lipinski definition) is 1. The first-order valence-corrected chi connectivity index (χ1v) is 10.0. The summed E-state index contributed by atoms with van der Waals surface area (Å²) in [5.74, 6) is -0.600. The third-order valence-corrected chi connectivity index (χ3v) is 5.97. The number of ether oxygens (including phenoxy) is 1. The lowest BCUT2D eigenvalue weighted by Crippen LogP contribution is -2.23. The molecule has 2 aromatic rings. The molecular weight excluding hydrogens is 364 g/mol. The van der Waals surface area contributed by atoms with E-state index >= 15 is 0 Å². The molecule has 0 bridgehead atoms. The van der Waals surface area contributed by atoms with Crippen molar-refractivity contribution in [2.75, 3.05) is 11.9 Å². The number of anilines is 1. The first kappa shape index (κ1) is 19.4. The molecule has 0 radical (unpaired) electrons. The number of amides is 1. The Morgan fingerprint density at radius 3 is 2.52 bits per heavy atom. The number of aryl methyl sites for hydroxylation is 3. The summed E-state index contributed by atoms with van der Waals surface area (Å²) >= 11 is 1.47. The van der Waals surface area contributed by atoms with Crippen molar-refractivity contribution in [3.05, 3.63) is 49.7 Å². The number of fused-ring (bicyclic) bond motifs is 1. The molecular formula is C20H24N2O4S. The molecule has 2 aromatic heterocycles. The van der Waals surface area contributed by atoms with Crippen LogP contribution in [0.15, 0.2) is 16.9 Å². The Hall–Kier alpha value is -2.41. The molecule has 0 atom stereocenters. The van der Waals surface area contributed by atoms with Crippen LogP contribution in [0, 0.1) is 13.8 Å². The number of carbonyl (C=O) groups excluding carboxylic acids is 2. The van der Waals surface area contributed by atoms with Crippen LogP contribution >= 0.6 is 11.3 Å². The second-order valence-corrected chi connectivity index (χ2v) is 7.85. The van der Waals surface area contributed by atoms with Gasteiger partial charge in [-0.1, -0.05) is 0 Å². The van der Waals surface area contributed by atoms with E-state index in [9.17, 15) is 14.4 Å². The maximum Gasteiger partial charge on any atom is 0.341 e. The predicted molar refractivity (Wildman–Crippen MR) is 106 cm³/mol. The molecule has 2 heterocycles. The number of nitrogens with zero attached hydrogens (tertiary/aromatic N) is 1. The minimum absolute atomic E-state index is 0.0720. The Balaban J connectivity index is 1.87. The Morgan fingerprint density at radius 1 is 1.19 bits per heavy atom. The highest BCUT2D eigenvalue weighted by Crippen LogP contribution is 2.38. The van der Waals surface area contributed by atoms with E-state index in [0.29, 0.717) is 17.2 Å². The highest BCUT2D eigenvalue weighted by Gasteiger charge is 2.27. The molecule has 1 aliphatic rings. The molecule has 3 rings (SSSR count). The number of aromatic nitrogens is 1. The fourth-order valence-corrected chi connectivity index (χ4v) is 4.81. The fraction of sp³-hybridized carbons (Fsp3) is 0.450. The molecule has 0 unspecified atom stereocenters. The van der Waals surface area contributed by atoms with Crippen LogP contribution in [-0.4, -0.2) is 23.1 Å².